The zero-order chi connectivity index (χ0) is 9.42. The zero-order valence-corrected chi connectivity index (χ0v) is 10.0. The zero-order valence-electron chi connectivity index (χ0n) is 7.61. The number of allylic oxidation sites excluding steroid dienone is 2. The van der Waals surface area contributed by atoms with Crippen molar-refractivity contribution in [2.45, 2.75) is 19.4 Å². The van der Waals surface area contributed by atoms with Crippen LogP contribution >= 0.6 is 28.3 Å². The number of aliphatic imine (C=N–C) groups is 1. The molecule has 0 aromatic heterocycles. The highest BCUT2D eigenvalue weighted by molar-refractivity contribution is 9.11. The Morgan fingerprint density at radius 3 is 3.00 bits per heavy atom. The Hall–Kier alpha value is -0.610. The van der Waals surface area contributed by atoms with Crippen molar-refractivity contribution in [3.8, 4) is 0 Å². The minimum Gasteiger partial charge on any atom is -0.328 e. The Labute approximate surface area is 97.1 Å². The minimum atomic E-state index is -0.0326. The van der Waals surface area contributed by atoms with Crippen molar-refractivity contribution in [2.75, 3.05) is 0 Å². The van der Waals surface area contributed by atoms with Gasteiger partial charge < -0.3 is 4.90 Å². The van der Waals surface area contributed by atoms with Crippen LogP contribution in [0, 0.1) is 0 Å². The molecule has 0 N–H and O–H groups in total. The van der Waals surface area contributed by atoms with E-state index in [0.29, 0.717) is 6.42 Å². The largest absolute Gasteiger partial charge is 0.328 e. The summed E-state index contributed by atoms with van der Waals surface area (Å²) in [6, 6.07) is 0.206. The summed E-state index contributed by atoms with van der Waals surface area (Å²) in [6.07, 6.45) is 6.18. The second-order valence-electron chi connectivity index (χ2n) is 3.17. The maximum absolute atomic E-state index is 11.1. The van der Waals surface area contributed by atoms with Crippen molar-refractivity contribution in [1.82, 2.24) is 4.90 Å². The summed E-state index contributed by atoms with van der Waals surface area (Å²) in [5, 5.41) is 0. The normalized spacial score (nSPS) is 24.9. The van der Waals surface area contributed by atoms with Crippen LogP contribution in [0.15, 0.2) is 27.8 Å². The Morgan fingerprint density at radius 1 is 1.57 bits per heavy atom. The SMILES string of the molecule is CC1CC(=O)N=C2C=CC(Br)=CN21.Cl. The van der Waals surface area contributed by atoms with E-state index in [1.54, 1.807) is 0 Å². The smallest absolute Gasteiger partial charge is 0.249 e. The Morgan fingerprint density at radius 2 is 2.29 bits per heavy atom. The molecule has 0 saturated heterocycles. The molecule has 1 amide bonds. The molecule has 76 valence electrons. The Kier molecular flexibility index (Phi) is 3.50. The average molecular weight is 278 g/mol. The number of halogens is 2. The van der Waals surface area contributed by atoms with Crippen molar-refractivity contribution in [2.24, 2.45) is 4.99 Å². The highest BCUT2D eigenvalue weighted by Crippen LogP contribution is 2.21. The molecular formula is C9H10BrClN2O. The van der Waals surface area contributed by atoms with Crippen LogP contribution in [0.2, 0.25) is 0 Å². The molecule has 2 aliphatic heterocycles. The molecule has 0 bridgehead atoms. The van der Waals surface area contributed by atoms with Gasteiger partial charge in [0.2, 0.25) is 5.91 Å². The molecule has 0 aliphatic carbocycles. The standard InChI is InChI=1S/C9H9BrN2O.ClH/c1-6-4-9(13)11-8-3-2-7(10)5-12(6)8;/h2-3,5-6H,4H2,1H3;1H. The fraction of sp³-hybridized carbons (Fsp3) is 0.333. The Balaban J connectivity index is 0.000000980. The summed E-state index contributed by atoms with van der Waals surface area (Å²) in [5.41, 5.74) is 0. The lowest BCUT2D eigenvalue weighted by Gasteiger charge is -2.32. The van der Waals surface area contributed by atoms with Gasteiger partial charge in [0.05, 0.1) is 0 Å². The van der Waals surface area contributed by atoms with Gasteiger partial charge in [0.25, 0.3) is 0 Å². The number of carbonyl (C=O) groups is 1. The number of amidine groups is 1. The van der Waals surface area contributed by atoms with Crippen LogP contribution in [0.5, 0.6) is 0 Å². The third-order valence-corrected chi connectivity index (χ3v) is 2.57. The molecule has 5 heteroatoms. The summed E-state index contributed by atoms with van der Waals surface area (Å²) in [4.78, 5) is 17.1. The van der Waals surface area contributed by atoms with Gasteiger partial charge in [0.1, 0.15) is 5.84 Å². The van der Waals surface area contributed by atoms with Gasteiger partial charge in [-0.05, 0) is 35.0 Å². The van der Waals surface area contributed by atoms with E-state index in [1.165, 1.54) is 0 Å². The lowest BCUT2D eigenvalue weighted by molar-refractivity contribution is -0.119. The van der Waals surface area contributed by atoms with Gasteiger partial charge >= 0.3 is 0 Å². The van der Waals surface area contributed by atoms with Crippen LogP contribution in [0.4, 0.5) is 0 Å². The molecule has 2 rings (SSSR count). The molecule has 0 aromatic rings. The maximum atomic E-state index is 11.1. The van der Waals surface area contributed by atoms with Crippen LogP contribution in [0.25, 0.3) is 0 Å². The van der Waals surface area contributed by atoms with Crippen molar-refractivity contribution >= 4 is 40.1 Å². The quantitative estimate of drug-likeness (QED) is 0.680. The number of nitrogens with zero attached hydrogens (tertiary/aromatic N) is 2. The number of rotatable bonds is 0. The number of hydrogen-bond donors (Lipinski definition) is 0. The van der Waals surface area contributed by atoms with Crippen LogP contribution in [-0.4, -0.2) is 22.7 Å². The number of amides is 1. The summed E-state index contributed by atoms with van der Waals surface area (Å²) < 4.78 is 1.01. The first kappa shape index (κ1) is 11.5. The molecule has 2 aliphatic rings. The van der Waals surface area contributed by atoms with Gasteiger partial charge in [-0.25, -0.2) is 0 Å². The second kappa shape index (κ2) is 4.28. The van der Waals surface area contributed by atoms with Crippen molar-refractivity contribution in [1.29, 1.82) is 0 Å². The lowest BCUT2D eigenvalue weighted by atomic mass is 10.1. The third kappa shape index (κ3) is 2.07. The van der Waals surface area contributed by atoms with E-state index in [0.717, 1.165) is 10.3 Å². The first-order valence-electron chi connectivity index (χ1n) is 4.12. The molecule has 0 aromatic carbocycles. The molecule has 0 saturated carbocycles. The molecule has 1 atom stereocenters. The van der Waals surface area contributed by atoms with E-state index in [4.69, 9.17) is 0 Å². The maximum Gasteiger partial charge on any atom is 0.249 e. The highest BCUT2D eigenvalue weighted by Gasteiger charge is 2.25. The lowest BCUT2D eigenvalue weighted by Crippen LogP contribution is -2.40. The molecule has 1 unspecified atom stereocenters. The second-order valence-corrected chi connectivity index (χ2v) is 4.09. The van der Waals surface area contributed by atoms with E-state index in [1.807, 2.05) is 30.2 Å². The number of fused-ring (bicyclic) bond motifs is 1. The number of hydrogen-bond acceptors (Lipinski definition) is 2. The molecule has 0 fully saturated rings. The van der Waals surface area contributed by atoms with Gasteiger partial charge in [0.15, 0.2) is 0 Å². The van der Waals surface area contributed by atoms with Crippen molar-refractivity contribution in [3.05, 3.63) is 22.8 Å². The molecular weight excluding hydrogens is 267 g/mol. The predicted octanol–water partition coefficient (Wildman–Crippen LogP) is 2.23. The van der Waals surface area contributed by atoms with Crippen LogP contribution < -0.4 is 0 Å². The van der Waals surface area contributed by atoms with Gasteiger partial charge in [-0.3, -0.25) is 4.79 Å². The first-order valence-corrected chi connectivity index (χ1v) is 4.91. The van der Waals surface area contributed by atoms with E-state index in [-0.39, 0.29) is 24.4 Å². The van der Waals surface area contributed by atoms with E-state index in [2.05, 4.69) is 20.9 Å². The summed E-state index contributed by atoms with van der Waals surface area (Å²) in [6.45, 7) is 2.02. The van der Waals surface area contributed by atoms with Gasteiger partial charge in [-0.2, -0.15) is 4.99 Å². The molecule has 3 nitrogen and oxygen atoms in total. The van der Waals surface area contributed by atoms with Gasteiger partial charge in [-0.15, -0.1) is 12.4 Å². The van der Waals surface area contributed by atoms with E-state index >= 15 is 0 Å². The van der Waals surface area contributed by atoms with Crippen molar-refractivity contribution in [3.63, 3.8) is 0 Å². The van der Waals surface area contributed by atoms with Gasteiger partial charge in [0, 0.05) is 23.1 Å². The van der Waals surface area contributed by atoms with Crippen molar-refractivity contribution < 1.29 is 4.79 Å². The first-order chi connectivity index (χ1) is 6.16. The van der Waals surface area contributed by atoms with Crippen LogP contribution in [-0.2, 0) is 4.79 Å². The molecule has 0 radical (unpaired) electrons. The molecule has 0 spiro atoms. The van der Waals surface area contributed by atoms with Crippen LogP contribution in [0.1, 0.15) is 13.3 Å². The fourth-order valence-electron chi connectivity index (χ4n) is 1.45. The number of carbonyl (C=O) groups excluding carboxylic acids is 1. The van der Waals surface area contributed by atoms with E-state index < -0.39 is 0 Å². The third-order valence-electron chi connectivity index (χ3n) is 2.10. The average Bonchev–Trinajstić information content (AvgIpc) is 2.06. The summed E-state index contributed by atoms with van der Waals surface area (Å²) in [7, 11) is 0. The summed E-state index contributed by atoms with van der Waals surface area (Å²) in [5.74, 6) is 0.710. The Bertz CT molecular complexity index is 349. The van der Waals surface area contributed by atoms with Gasteiger partial charge in [-0.1, -0.05) is 0 Å². The topological polar surface area (TPSA) is 32.7 Å². The predicted molar refractivity (Wildman–Crippen MR) is 61.8 cm³/mol. The summed E-state index contributed by atoms with van der Waals surface area (Å²) >= 11 is 3.39. The van der Waals surface area contributed by atoms with Crippen LogP contribution in [0.3, 0.4) is 0 Å². The molecule has 14 heavy (non-hydrogen) atoms. The fourth-order valence-corrected chi connectivity index (χ4v) is 1.81. The highest BCUT2D eigenvalue weighted by atomic mass is 79.9. The molecule has 2 heterocycles. The minimum absolute atomic E-state index is 0. The van der Waals surface area contributed by atoms with E-state index in [9.17, 15) is 4.79 Å². The monoisotopic (exact) mass is 276 g/mol.